The van der Waals surface area contributed by atoms with Gasteiger partial charge in [-0.1, -0.05) is 78.9 Å². The smallest absolute Gasteiger partial charge is 0.246 e. The first-order valence-electron chi connectivity index (χ1n) is 14.4. The third kappa shape index (κ3) is 7.82. The highest BCUT2D eigenvalue weighted by Crippen LogP contribution is 2.22. The second-order valence-electron chi connectivity index (χ2n) is 11.7. The van der Waals surface area contributed by atoms with E-state index >= 15 is 0 Å². The Kier molecular flexibility index (Phi) is 9.61. The van der Waals surface area contributed by atoms with Crippen LogP contribution in [0.3, 0.4) is 0 Å². The second kappa shape index (κ2) is 13.1. The second-order valence-corrected chi connectivity index (χ2v) is 11.7. The number of rotatable bonds is 10. The molecule has 0 aromatic heterocycles. The van der Waals surface area contributed by atoms with Crippen molar-refractivity contribution in [1.82, 2.24) is 15.1 Å². The van der Waals surface area contributed by atoms with E-state index in [9.17, 15) is 14.4 Å². The van der Waals surface area contributed by atoms with E-state index in [0.717, 1.165) is 21.9 Å². The van der Waals surface area contributed by atoms with Crippen molar-refractivity contribution in [2.45, 2.75) is 70.6 Å². The average Bonchev–Trinajstić information content (AvgIpc) is 2.93. The zero-order valence-corrected chi connectivity index (χ0v) is 24.5. The number of nitrogens with one attached hydrogen (secondary N) is 1. The Labute approximate surface area is 243 Å². The summed E-state index contributed by atoms with van der Waals surface area (Å²) in [6.07, 6.45) is 4.56. The van der Waals surface area contributed by atoms with Gasteiger partial charge >= 0.3 is 0 Å². The molecule has 3 aromatic rings. The Morgan fingerprint density at radius 2 is 1.73 bits per heavy atom. The first kappa shape index (κ1) is 30.0. The van der Waals surface area contributed by atoms with Crippen LogP contribution in [0.1, 0.15) is 45.2 Å². The molecule has 1 heterocycles. The molecule has 0 unspecified atom stereocenters. The molecule has 3 amide bonds. The third-order valence-corrected chi connectivity index (χ3v) is 7.53. The molecule has 3 aromatic carbocycles. The molecule has 0 bridgehead atoms. The molecule has 4 rings (SSSR count). The maximum Gasteiger partial charge on any atom is 0.246 e. The Morgan fingerprint density at radius 3 is 2.41 bits per heavy atom. The standard InChI is InChI=1S/C34H42N4O3/c1-5-37(31(39)16-11-19-34(3,4)35)30(22-26-17-18-27-14-9-10-15-28(27)20-26)33(41)38-23-24(2)36-32(40)29(38)21-25-12-7-6-8-13-25/h6-18,20,24,29-30H,5,19,21-23,35H2,1-4H3,(H,36,40)/b16-11+/t24-,29-,30-/m1/s1. The molecule has 1 aliphatic heterocycles. The van der Waals surface area contributed by atoms with Gasteiger partial charge in [0.05, 0.1) is 0 Å². The van der Waals surface area contributed by atoms with Gasteiger partial charge in [-0.05, 0) is 62.1 Å². The lowest BCUT2D eigenvalue weighted by Gasteiger charge is -2.42. The SMILES string of the molecule is CCN(C(=O)/C=C/CC(C)(C)N)[C@H](Cc1ccc2ccccc2c1)C(=O)N1C[C@@H](C)NC(=O)[C@H]1Cc1ccccc1. The van der Waals surface area contributed by atoms with Crippen molar-refractivity contribution < 1.29 is 14.4 Å². The molecule has 0 spiro atoms. The lowest BCUT2D eigenvalue weighted by molar-refractivity contribution is -0.151. The molecule has 0 aliphatic carbocycles. The van der Waals surface area contributed by atoms with Crippen LogP contribution in [0.25, 0.3) is 10.8 Å². The minimum absolute atomic E-state index is 0.176. The van der Waals surface area contributed by atoms with Crippen molar-refractivity contribution in [3.05, 3.63) is 96.1 Å². The number of likely N-dealkylation sites (N-methyl/N-ethyl adjacent to an activating group) is 1. The number of benzene rings is 3. The van der Waals surface area contributed by atoms with Crippen molar-refractivity contribution in [2.75, 3.05) is 13.1 Å². The summed E-state index contributed by atoms with van der Waals surface area (Å²) in [7, 11) is 0. The number of carbonyl (C=O) groups is 3. The van der Waals surface area contributed by atoms with Gasteiger partial charge in [0.2, 0.25) is 17.7 Å². The number of amides is 3. The Balaban J connectivity index is 1.70. The van der Waals surface area contributed by atoms with Gasteiger partial charge in [-0.2, -0.15) is 0 Å². The highest BCUT2D eigenvalue weighted by molar-refractivity contribution is 5.96. The number of hydrogen-bond donors (Lipinski definition) is 2. The van der Waals surface area contributed by atoms with Gasteiger partial charge in [0.25, 0.3) is 0 Å². The van der Waals surface area contributed by atoms with Crippen molar-refractivity contribution in [3.8, 4) is 0 Å². The van der Waals surface area contributed by atoms with E-state index in [1.807, 2.05) is 88.4 Å². The van der Waals surface area contributed by atoms with Gasteiger partial charge in [0.1, 0.15) is 12.1 Å². The van der Waals surface area contributed by atoms with Gasteiger partial charge in [0.15, 0.2) is 0 Å². The third-order valence-electron chi connectivity index (χ3n) is 7.53. The number of nitrogens with two attached hydrogens (primary N) is 1. The predicted molar refractivity (Wildman–Crippen MR) is 164 cm³/mol. The highest BCUT2D eigenvalue weighted by Gasteiger charge is 2.40. The van der Waals surface area contributed by atoms with Crippen molar-refractivity contribution in [2.24, 2.45) is 5.73 Å². The topological polar surface area (TPSA) is 95.7 Å². The van der Waals surface area contributed by atoms with E-state index in [2.05, 4.69) is 17.4 Å². The molecular weight excluding hydrogens is 512 g/mol. The van der Waals surface area contributed by atoms with Crippen LogP contribution in [0, 0.1) is 0 Å². The minimum Gasteiger partial charge on any atom is -0.350 e. The molecule has 0 radical (unpaired) electrons. The first-order valence-corrected chi connectivity index (χ1v) is 14.4. The summed E-state index contributed by atoms with van der Waals surface area (Å²) in [6.45, 7) is 8.31. The summed E-state index contributed by atoms with van der Waals surface area (Å²) in [5.74, 6) is -0.640. The van der Waals surface area contributed by atoms with Gasteiger partial charge in [0, 0.05) is 37.5 Å². The van der Waals surface area contributed by atoms with Crippen LogP contribution in [-0.2, 0) is 27.2 Å². The van der Waals surface area contributed by atoms with Crippen LogP contribution in [0.2, 0.25) is 0 Å². The fraction of sp³-hybridized carbons (Fsp3) is 0.382. The molecule has 1 fully saturated rings. The Bertz CT molecular complexity index is 1400. The molecule has 0 saturated carbocycles. The molecule has 216 valence electrons. The number of piperazine rings is 1. The van der Waals surface area contributed by atoms with E-state index < -0.39 is 17.6 Å². The summed E-state index contributed by atoms with van der Waals surface area (Å²) in [5.41, 5.74) is 7.59. The van der Waals surface area contributed by atoms with Gasteiger partial charge < -0.3 is 20.9 Å². The summed E-state index contributed by atoms with van der Waals surface area (Å²) in [6, 6.07) is 22.3. The zero-order chi connectivity index (χ0) is 29.6. The largest absolute Gasteiger partial charge is 0.350 e. The van der Waals surface area contributed by atoms with E-state index in [-0.39, 0.29) is 23.8 Å². The zero-order valence-electron chi connectivity index (χ0n) is 24.5. The summed E-state index contributed by atoms with van der Waals surface area (Å²) >= 11 is 0. The Hall–Kier alpha value is -3.97. The first-order chi connectivity index (χ1) is 19.6. The fourth-order valence-corrected chi connectivity index (χ4v) is 5.43. The molecule has 3 atom stereocenters. The van der Waals surface area contributed by atoms with Crippen molar-refractivity contribution >= 4 is 28.5 Å². The molecule has 7 heteroatoms. The highest BCUT2D eigenvalue weighted by atomic mass is 16.2. The molecular formula is C34H42N4O3. The van der Waals surface area contributed by atoms with Crippen LogP contribution >= 0.6 is 0 Å². The lowest BCUT2D eigenvalue weighted by atomic mass is 9.96. The van der Waals surface area contributed by atoms with Gasteiger partial charge in [-0.25, -0.2) is 0 Å². The van der Waals surface area contributed by atoms with E-state index in [1.54, 1.807) is 15.9 Å². The van der Waals surface area contributed by atoms with E-state index in [1.165, 1.54) is 6.08 Å². The number of fused-ring (bicyclic) bond motifs is 1. The minimum atomic E-state index is -0.777. The van der Waals surface area contributed by atoms with Crippen LogP contribution in [0.4, 0.5) is 0 Å². The summed E-state index contributed by atoms with van der Waals surface area (Å²) in [4.78, 5) is 44.6. The normalized spacial score (nSPS) is 18.4. The lowest BCUT2D eigenvalue weighted by Crippen LogP contribution is -2.65. The summed E-state index contributed by atoms with van der Waals surface area (Å²) in [5, 5.41) is 5.20. The quantitative estimate of drug-likeness (QED) is 0.367. The van der Waals surface area contributed by atoms with Crippen LogP contribution < -0.4 is 11.1 Å². The van der Waals surface area contributed by atoms with Gasteiger partial charge in [-0.15, -0.1) is 0 Å². The van der Waals surface area contributed by atoms with Crippen LogP contribution in [0.15, 0.2) is 84.9 Å². The van der Waals surface area contributed by atoms with Gasteiger partial charge in [-0.3, -0.25) is 14.4 Å². The predicted octanol–water partition coefficient (Wildman–Crippen LogP) is 4.24. The number of nitrogens with zero attached hydrogens (tertiary/aromatic N) is 2. The fourth-order valence-electron chi connectivity index (χ4n) is 5.43. The number of carbonyl (C=O) groups excluding carboxylic acids is 3. The monoisotopic (exact) mass is 554 g/mol. The molecule has 41 heavy (non-hydrogen) atoms. The maximum absolute atomic E-state index is 14.5. The Morgan fingerprint density at radius 1 is 1.05 bits per heavy atom. The van der Waals surface area contributed by atoms with Crippen molar-refractivity contribution in [3.63, 3.8) is 0 Å². The average molecular weight is 555 g/mol. The number of hydrogen-bond acceptors (Lipinski definition) is 4. The molecule has 1 saturated heterocycles. The van der Waals surface area contributed by atoms with E-state index in [0.29, 0.717) is 32.4 Å². The summed E-state index contributed by atoms with van der Waals surface area (Å²) < 4.78 is 0. The molecule has 3 N–H and O–H groups in total. The van der Waals surface area contributed by atoms with E-state index in [4.69, 9.17) is 5.73 Å². The van der Waals surface area contributed by atoms with Crippen LogP contribution in [0.5, 0.6) is 0 Å². The molecule has 7 nitrogen and oxygen atoms in total. The van der Waals surface area contributed by atoms with Crippen molar-refractivity contribution in [1.29, 1.82) is 0 Å². The molecule has 1 aliphatic rings. The maximum atomic E-state index is 14.5. The van der Waals surface area contributed by atoms with Crippen LogP contribution in [-0.4, -0.2) is 64.3 Å².